The third kappa shape index (κ3) is 2.76. The van der Waals surface area contributed by atoms with E-state index in [-0.39, 0.29) is 17.0 Å². The summed E-state index contributed by atoms with van der Waals surface area (Å²) in [5.41, 5.74) is 0.122. The molecular weight excluding hydrogens is 202 g/mol. The summed E-state index contributed by atoms with van der Waals surface area (Å²) in [6.07, 6.45) is 0.774. The number of aliphatic carboxylic acids is 1. The first-order chi connectivity index (χ1) is 7.03. The topological polar surface area (TPSA) is 40.5 Å². The lowest BCUT2D eigenvalue weighted by atomic mass is 9.79. The van der Waals surface area contributed by atoms with E-state index in [0.29, 0.717) is 5.92 Å². The van der Waals surface area contributed by atoms with Crippen molar-refractivity contribution in [3.8, 4) is 0 Å². The average molecular weight is 227 g/mol. The lowest BCUT2D eigenvalue weighted by molar-refractivity contribution is -0.143. The first-order valence-electron chi connectivity index (χ1n) is 6.03. The first-order valence-corrected chi connectivity index (χ1v) is 6.03. The molecule has 16 heavy (non-hydrogen) atoms. The summed E-state index contributed by atoms with van der Waals surface area (Å²) < 4.78 is 0. The Balaban J connectivity index is 2.89. The predicted molar refractivity (Wildman–Crippen MR) is 65.4 cm³/mol. The molecule has 0 saturated carbocycles. The molecule has 94 valence electrons. The summed E-state index contributed by atoms with van der Waals surface area (Å²) in [6.45, 7) is 13.8. The molecule has 1 N–H and O–H groups in total. The van der Waals surface area contributed by atoms with E-state index < -0.39 is 5.97 Å². The molecule has 1 rings (SSSR count). The van der Waals surface area contributed by atoms with Gasteiger partial charge in [-0.25, -0.2) is 0 Å². The Bertz CT molecular complexity index is 273. The second kappa shape index (κ2) is 4.02. The van der Waals surface area contributed by atoms with E-state index in [1.165, 1.54) is 0 Å². The number of likely N-dealkylation sites (tertiary alicyclic amines) is 1. The Labute approximate surface area is 98.8 Å². The summed E-state index contributed by atoms with van der Waals surface area (Å²) in [4.78, 5) is 13.4. The molecule has 3 heteroatoms. The zero-order valence-electron chi connectivity index (χ0n) is 11.4. The third-order valence-electron chi connectivity index (χ3n) is 3.67. The Morgan fingerprint density at radius 1 is 1.19 bits per heavy atom. The standard InChI is InChI=1S/C13H25NO2/c1-12(2,3)9-7-10(11(15)16)14(8-9)13(4,5)6/h9-10H,7-8H2,1-6H3,(H,15,16). The number of hydrogen-bond acceptors (Lipinski definition) is 2. The fraction of sp³-hybridized carbons (Fsp3) is 0.923. The molecule has 0 amide bonds. The molecule has 2 unspecified atom stereocenters. The van der Waals surface area contributed by atoms with E-state index in [4.69, 9.17) is 0 Å². The minimum Gasteiger partial charge on any atom is -0.480 e. The molecular formula is C13H25NO2. The molecule has 0 spiro atoms. The van der Waals surface area contributed by atoms with Crippen LogP contribution in [0.25, 0.3) is 0 Å². The lowest BCUT2D eigenvalue weighted by Crippen LogP contribution is -2.48. The number of carboxylic acids is 1. The van der Waals surface area contributed by atoms with E-state index in [9.17, 15) is 9.90 Å². The second-order valence-electron chi connectivity index (χ2n) is 6.98. The van der Waals surface area contributed by atoms with Gasteiger partial charge in [-0.05, 0) is 38.5 Å². The Kier molecular flexibility index (Phi) is 3.39. The van der Waals surface area contributed by atoms with Crippen molar-refractivity contribution in [3.63, 3.8) is 0 Å². The van der Waals surface area contributed by atoms with Crippen molar-refractivity contribution < 1.29 is 9.90 Å². The van der Waals surface area contributed by atoms with Crippen LogP contribution in [0.1, 0.15) is 48.0 Å². The highest BCUT2D eigenvalue weighted by molar-refractivity contribution is 5.74. The maximum atomic E-state index is 11.3. The summed E-state index contributed by atoms with van der Waals surface area (Å²) in [5, 5.41) is 9.29. The van der Waals surface area contributed by atoms with Gasteiger partial charge in [0.25, 0.3) is 0 Å². The molecule has 1 heterocycles. The summed E-state index contributed by atoms with van der Waals surface area (Å²) in [7, 11) is 0. The van der Waals surface area contributed by atoms with Crippen LogP contribution in [0.3, 0.4) is 0 Å². The molecule has 0 bridgehead atoms. The zero-order valence-corrected chi connectivity index (χ0v) is 11.4. The smallest absolute Gasteiger partial charge is 0.320 e. The fourth-order valence-corrected chi connectivity index (χ4v) is 2.44. The zero-order chi connectivity index (χ0) is 12.7. The van der Waals surface area contributed by atoms with E-state index in [1.807, 2.05) is 0 Å². The lowest BCUT2D eigenvalue weighted by Gasteiger charge is -2.36. The van der Waals surface area contributed by atoms with Crippen molar-refractivity contribution in [1.82, 2.24) is 4.90 Å². The van der Waals surface area contributed by atoms with Gasteiger partial charge in [-0.3, -0.25) is 9.69 Å². The van der Waals surface area contributed by atoms with Gasteiger partial charge < -0.3 is 5.11 Å². The van der Waals surface area contributed by atoms with Crippen LogP contribution in [-0.2, 0) is 4.79 Å². The summed E-state index contributed by atoms with van der Waals surface area (Å²) in [6, 6.07) is -0.316. The molecule has 0 aliphatic carbocycles. The minimum atomic E-state index is -0.679. The van der Waals surface area contributed by atoms with Gasteiger partial charge in [-0.15, -0.1) is 0 Å². The van der Waals surface area contributed by atoms with Crippen molar-refractivity contribution in [2.75, 3.05) is 6.54 Å². The highest BCUT2D eigenvalue weighted by atomic mass is 16.4. The molecule has 1 fully saturated rings. The van der Waals surface area contributed by atoms with Crippen LogP contribution in [0.5, 0.6) is 0 Å². The van der Waals surface area contributed by atoms with Crippen LogP contribution in [0, 0.1) is 11.3 Å². The highest BCUT2D eigenvalue weighted by Gasteiger charge is 2.45. The normalized spacial score (nSPS) is 28.4. The van der Waals surface area contributed by atoms with Gasteiger partial charge in [0.15, 0.2) is 0 Å². The highest BCUT2D eigenvalue weighted by Crippen LogP contribution is 2.39. The Hall–Kier alpha value is -0.570. The van der Waals surface area contributed by atoms with E-state index in [2.05, 4.69) is 46.4 Å². The van der Waals surface area contributed by atoms with Gasteiger partial charge in [0.05, 0.1) is 0 Å². The van der Waals surface area contributed by atoms with Gasteiger partial charge in [0.1, 0.15) is 6.04 Å². The monoisotopic (exact) mass is 227 g/mol. The predicted octanol–water partition coefficient (Wildman–Crippen LogP) is 2.61. The number of hydrogen-bond donors (Lipinski definition) is 1. The van der Waals surface area contributed by atoms with Crippen molar-refractivity contribution in [3.05, 3.63) is 0 Å². The van der Waals surface area contributed by atoms with Crippen LogP contribution in [-0.4, -0.2) is 34.1 Å². The molecule has 1 aliphatic heterocycles. The SMILES string of the molecule is CC(C)(C)C1CC(C(=O)O)N(C(C)(C)C)C1. The molecule has 3 nitrogen and oxygen atoms in total. The summed E-state index contributed by atoms with van der Waals surface area (Å²) in [5.74, 6) is -0.213. The number of nitrogens with zero attached hydrogens (tertiary/aromatic N) is 1. The summed E-state index contributed by atoms with van der Waals surface area (Å²) >= 11 is 0. The van der Waals surface area contributed by atoms with Crippen LogP contribution in [0.4, 0.5) is 0 Å². The molecule has 0 radical (unpaired) electrons. The minimum absolute atomic E-state index is 0.0664. The molecule has 0 aromatic carbocycles. The number of carboxylic acid groups (broad SMARTS) is 1. The van der Waals surface area contributed by atoms with Gasteiger partial charge in [0.2, 0.25) is 0 Å². The second-order valence-corrected chi connectivity index (χ2v) is 6.98. The maximum absolute atomic E-state index is 11.3. The Morgan fingerprint density at radius 2 is 1.69 bits per heavy atom. The van der Waals surface area contributed by atoms with Crippen molar-refractivity contribution >= 4 is 5.97 Å². The van der Waals surface area contributed by atoms with Crippen LogP contribution < -0.4 is 0 Å². The van der Waals surface area contributed by atoms with Gasteiger partial charge >= 0.3 is 5.97 Å². The third-order valence-corrected chi connectivity index (χ3v) is 3.67. The Morgan fingerprint density at radius 3 is 1.94 bits per heavy atom. The van der Waals surface area contributed by atoms with Gasteiger partial charge in [0, 0.05) is 12.1 Å². The van der Waals surface area contributed by atoms with E-state index >= 15 is 0 Å². The molecule has 1 aliphatic rings. The molecule has 1 saturated heterocycles. The maximum Gasteiger partial charge on any atom is 0.320 e. The van der Waals surface area contributed by atoms with E-state index in [0.717, 1.165) is 13.0 Å². The van der Waals surface area contributed by atoms with Crippen LogP contribution in [0.15, 0.2) is 0 Å². The molecule has 0 aromatic heterocycles. The van der Waals surface area contributed by atoms with Crippen LogP contribution in [0.2, 0.25) is 0 Å². The number of carbonyl (C=O) groups is 1. The first kappa shape index (κ1) is 13.5. The van der Waals surface area contributed by atoms with Gasteiger partial charge in [-0.1, -0.05) is 20.8 Å². The molecule has 2 atom stereocenters. The largest absolute Gasteiger partial charge is 0.480 e. The van der Waals surface area contributed by atoms with Crippen molar-refractivity contribution in [1.29, 1.82) is 0 Å². The van der Waals surface area contributed by atoms with Crippen molar-refractivity contribution in [2.45, 2.75) is 59.5 Å². The van der Waals surface area contributed by atoms with Crippen molar-refractivity contribution in [2.24, 2.45) is 11.3 Å². The number of rotatable bonds is 1. The van der Waals surface area contributed by atoms with E-state index in [1.54, 1.807) is 0 Å². The average Bonchev–Trinajstić information content (AvgIpc) is 2.44. The quantitative estimate of drug-likeness (QED) is 0.748. The van der Waals surface area contributed by atoms with Gasteiger partial charge in [-0.2, -0.15) is 0 Å². The molecule has 0 aromatic rings. The van der Waals surface area contributed by atoms with Crippen LogP contribution >= 0.6 is 0 Å². The fourth-order valence-electron chi connectivity index (χ4n) is 2.44.